The smallest absolute Gasteiger partial charge is 0.309 e. The fourth-order valence-corrected chi connectivity index (χ4v) is 5.41. The first-order valence-corrected chi connectivity index (χ1v) is 11.5. The quantitative estimate of drug-likeness (QED) is 0.575. The van der Waals surface area contributed by atoms with Crippen molar-refractivity contribution in [3.8, 4) is 5.75 Å². The first-order valence-electron chi connectivity index (χ1n) is 11.5. The van der Waals surface area contributed by atoms with E-state index in [1.54, 1.807) is 31.1 Å². The van der Waals surface area contributed by atoms with E-state index in [4.69, 9.17) is 14.2 Å². The molecule has 180 valence electrons. The number of amides is 1. The number of hydrogen-bond donors (Lipinski definition) is 0. The van der Waals surface area contributed by atoms with E-state index in [1.807, 2.05) is 25.1 Å². The molecule has 1 heterocycles. The fraction of sp³-hybridized carbons (Fsp3) is 0.407. The highest BCUT2D eigenvalue weighted by atomic mass is 19.1. The van der Waals surface area contributed by atoms with Gasteiger partial charge in [-0.05, 0) is 67.3 Å². The first-order chi connectivity index (χ1) is 16.3. The molecule has 1 saturated carbocycles. The summed E-state index contributed by atoms with van der Waals surface area (Å²) in [5, 5.41) is 0. The van der Waals surface area contributed by atoms with Gasteiger partial charge in [-0.15, -0.1) is 0 Å². The zero-order valence-corrected chi connectivity index (χ0v) is 20.0. The summed E-state index contributed by atoms with van der Waals surface area (Å²) < 4.78 is 30.8. The molecule has 0 aromatic heterocycles. The summed E-state index contributed by atoms with van der Waals surface area (Å²) in [6.07, 6.45) is 3.31. The molecule has 3 atom stereocenters. The molecule has 34 heavy (non-hydrogen) atoms. The number of ether oxygens (including phenoxy) is 3. The summed E-state index contributed by atoms with van der Waals surface area (Å²) in [4.78, 5) is 26.4. The van der Waals surface area contributed by atoms with E-state index in [2.05, 4.69) is 6.08 Å². The van der Waals surface area contributed by atoms with Crippen LogP contribution in [0.4, 0.5) is 10.1 Å². The predicted molar refractivity (Wildman–Crippen MR) is 127 cm³/mol. The van der Waals surface area contributed by atoms with Crippen LogP contribution in [0.1, 0.15) is 43.7 Å². The van der Waals surface area contributed by atoms with Crippen molar-refractivity contribution >= 4 is 23.1 Å². The van der Waals surface area contributed by atoms with Gasteiger partial charge in [-0.3, -0.25) is 9.59 Å². The topological polar surface area (TPSA) is 65.1 Å². The molecule has 1 aliphatic carbocycles. The molecule has 0 bridgehead atoms. The average molecular weight is 468 g/mol. The number of anilines is 1. The number of carbonyl (C=O) groups is 2. The first kappa shape index (κ1) is 24.0. The molecule has 2 aliphatic rings. The van der Waals surface area contributed by atoms with Gasteiger partial charge in [-0.1, -0.05) is 12.1 Å². The summed E-state index contributed by atoms with van der Waals surface area (Å²) >= 11 is 0. The minimum atomic E-state index is -0.724. The second-order valence-corrected chi connectivity index (χ2v) is 8.76. The van der Waals surface area contributed by atoms with Crippen LogP contribution in [0.2, 0.25) is 0 Å². The Bertz CT molecular complexity index is 1110. The Balaban J connectivity index is 1.78. The van der Waals surface area contributed by atoms with Crippen molar-refractivity contribution in [3.05, 3.63) is 65.5 Å². The van der Waals surface area contributed by atoms with E-state index >= 15 is 0 Å². The number of esters is 1. The van der Waals surface area contributed by atoms with E-state index in [9.17, 15) is 14.0 Å². The largest absolute Gasteiger partial charge is 0.496 e. The molecule has 1 amide bonds. The summed E-state index contributed by atoms with van der Waals surface area (Å²) in [6, 6.07) is 11.9. The van der Waals surface area contributed by atoms with Crippen LogP contribution in [0.25, 0.3) is 5.57 Å². The molecule has 1 aliphatic heterocycles. The van der Waals surface area contributed by atoms with Gasteiger partial charge in [0.1, 0.15) is 11.6 Å². The highest BCUT2D eigenvalue weighted by molar-refractivity contribution is 5.92. The van der Waals surface area contributed by atoms with Crippen LogP contribution in [0, 0.1) is 11.7 Å². The molecular weight excluding hydrogens is 437 g/mol. The number of hydrogen-bond acceptors (Lipinski definition) is 5. The molecule has 2 aromatic rings. The standard InChI is InChI=1S/C27H30FNO5/c1-5-29(17(2)30)21-10-11-24(32-3)23(14-21)19-15-27(34-16-19)13-12-22(26(31)33-4)25(27)18-6-8-20(28)9-7-18/h6-11,14-15,22,25H,5,12-13,16H2,1-4H3. The number of nitrogens with zero attached hydrogens (tertiary/aromatic N) is 1. The van der Waals surface area contributed by atoms with Gasteiger partial charge >= 0.3 is 5.97 Å². The number of rotatable bonds is 6. The summed E-state index contributed by atoms with van der Waals surface area (Å²) in [5.74, 6) is -0.696. The van der Waals surface area contributed by atoms with Gasteiger partial charge in [-0.25, -0.2) is 4.39 Å². The van der Waals surface area contributed by atoms with E-state index in [0.29, 0.717) is 31.7 Å². The third-order valence-corrected chi connectivity index (χ3v) is 6.96. The fourth-order valence-electron chi connectivity index (χ4n) is 5.41. The van der Waals surface area contributed by atoms with Gasteiger partial charge in [0.2, 0.25) is 5.91 Å². The lowest BCUT2D eigenvalue weighted by molar-refractivity contribution is -0.146. The van der Waals surface area contributed by atoms with Crippen molar-refractivity contribution in [2.24, 2.45) is 5.92 Å². The molecule has 1 fully saturated rings. The van der Waals surface area contributed by atoms with Crippen molar-refractivity contribution in [3.63, 3.8) is 0 Å². The molecule has 4 rings (SSSR count). The van der Waals surface area contributed by atoms with E-state index in [-0.39, 0.29) is 23.6 Å². The second kappa shape index (κ2) is 9.58. The molecule has 2 aromatic carbocycles. The zero-order chi connectivity index (χ0) is 24.5. The van der Waals surface area contributed by atoms with E-state index in [0.717, 1.165) is 22.4 Å². The Labute approximate surface area is 199 Å². The van der Waals surface area contributed by atoms with E-state index in [1.165, 1.54) is 19.2 Å². The minimum Gasteiger partial charge on any atom is -0.496 e. The Hall–Kier alpha value is -3.19. The molecule has 0 radical (unpaired) electrons. The van der Waals surface area contributed by atoms with E-state index < -0.39 is 11.5 Å². The molecule has 1 spiro atoms. The Morgan fingerprint density at radius 2 is 1.91 bits per heavy atom. The van der Waals surface area contributed by atoms with Crippen molar-refractivity contribution < 1.29 is 28.2 Å². The van der Waals surface area contributed by atoms with Crippen molar-refractivity contribution in [2.75, 3.05) is 32.3 Å². The highest BCUT2D eigenvalue weighted by Gasteiger charge is 2.54. The van der Waals surface area contributed by atoms with Gasteiger partial charge in [0.25, 0.3) is 0 Å². The van der Waals surface area contributed by atoms with Gasteiger partial charge in [0.15, 0.2) is 0 Å². The van der Waals surface area contributed by atoms with Gasteiger partial charge < -0.3 is 19.1 Å². The third kappa shape index (κ3) is 4.20. The minimum absolute atomic E-state index is 0.0418. The number of methoxy groups -OCH3 is 2. The molecule has 0 N–H and O–H groups in total. The van der Waals surface area contributed by atoms with Crippen LogP contribution in [-0.2, 0) is 19.1 Å². The highest BCUT2D eigenvalue weighted by Crippen LogP contribution is 2.54. The van der Waals surface area contributed by atoms with Crippen LogP contribution in [0.5, 0.6) is 5.75 Å². The van der Waals surface area contributed by atoms with Crippen LogP contribution < -0.4 is 9.64 Å². The SMILES string of the molecule is CCN(C(C)=O)c1ccc(OC)c(C2=CC3(CCC(C(=O)OC)C3c3ccc(F)cc3)OC2)c1. The number of carbonyl (C=O) groups excluding carboxylic acids is 2. The lowest BCUT2D eigenvalue weighted by Crippen LogP contribution is -2.34. The van der Waals surface area contributed by atoms with Crippen LogP contribution in [0.3, 0.4) is 0 Å². The predicted octanol–water partition coefficient (Wildman–Crippen LogP) is 4.73. The lowest BCUT2D eigenvalue weighted by atomic mass is 9.79. The maximum Gasteiger partial charge on any atom is 0.309 e. The van der Waals surface area contributed by atoms with Crippen LogP contribution in [0.15, 0.2) is 48.5 Å². The van der Waals surface area contributed by atoms with Crippen molar-refractivity contribution in [1.29, 1.82) is 0 Å². The van der Waals surface area contributed by atoms with Gasteiger partial charge in [0, 0.05) is 30.6 Å². The maximum atomic E-state index is 13.6. The average Bonchev–Trinajstić information content (AvgIpc) is 3.43. The Morgan fingerprint density at radius 3 is 2.53 bits per heavy atom. The second-order valence-electron chi connectivity index (χ2n) is 8.76. The summed E-state index contributed by atoms with van der Waals surface area (Å²) in [6.45, 7) is 4.35. The van der Waals surface area contributed by atoms with Crippen LogP contribution >= 0.6 is 0 Å². The molecule has 0 saturated heterocycles. The lowest BCUT2D eigenvalue weighted by Gasteiger charge is -2.31. The molecular formula is C27H30FNO5. The Kier molecular flexibility index (Phi) is 6.75. The van der Waals surface area contributed by atoms with Crippen molar-refractivity contribution in [2.45, 2.75) is 38.2 Å². The van der Waals surface area contributed by atoms with Crippen molar-refractivity contribution in [1.82, 2.24) is 0 Å². The maximum absolute atomic E-state index is 13.6. The summed E-state index contributed by atoms with van der Waals surface area (Å²) in [7, 11) is 2.99. The monoisotopic (exact) mass is 467 g/mol. The molecule has 3 unspecified atom stereocenters. The molecule has 7 heteroatoms. The normalized spacial score (nSPS) is 23.6. The number of halogens is 1. The summed E-state index contributed by atoms with van der Waals surface area (Å²) in [5.41, 5.74) is 2.66. The van der Waals surface area contributed by atoms with Crippen LogP contribution in [-0.4, -0.2) is 44.8 Å². The Morgan fingerprint density at radius 1 is 1.18 bits per heavy atom. The number of benzene rings is 2. The molecule has 6 nitrogen and oxygen atoms in total. The third-order valence-electron chi connectivity index (χ3n) is 6.96. The van der Waals surface area contributed by atoms with Gasteiger partial charge in [-0.2, -0.15) is 0 Å². The van der Waals surface area contributed by atoms with Gasteiger partial charge in [0.05, 0.1) is 32.3 Å². The zero-order valence-electron chi connectivity index (χ0n) is 20.0.